The lowest BCUT2D eigenvalue weighted by Gasteiger charge is -2.26. The number of hydrogen-bond donors (Lipinski definition) is 0. The van der Waals surface area contributed by atoms with Crippen molar-refractivity contribution >= 4 is 22.0 Å². The zero-order chi connectivity index (χ0) is 20.9. The van der Waals surface area contributed by atoms with E-state index >= 15 is 0 Å². The lowest BCUT2D eigenvalue weighted by molar-refractivity contribution is -0.125. The Bertz CT molecular complexity index is 967. The summed E-state index contributed by atoms with van der Waals surface area (Å²) in [5.74, 6) is -0.527. The number of likely N-dealkylation sites (N-methyl/N-ethyl adjacent to an activating group) is 1. The number of carbonyl (C=O) groups is 1. The molecule has 154 valence electrons. The van der Waals surface area contributed by atoms with Crippen molar-refractivity contribution < 1.29 is 22.3 Å². The maximum atomic E-state index is 13.0. The van der Waals surface area contributed by atoms with Crippen molar-refractivity contribution in [3.05, 3.63) is 71.6 Å². The first-order valence-corrected chi connectivity index (χ1v) is 10.7. The zero-order valence-corrected chi connectivity index (χ0v) is 16.9. The van der Waals surface area contributed by atoms with Crippen molar-refractivity contribution in [2.24, 2.45) is 0 Å². The fraction of sp³-hybridized carbons (Fsp3) is 0.286. The van der Waals surface area contributed by atoms with Gasteiger partial charge in [-0.05, 0) is 41.5 Å². The van der Waals surface area contributed by atoms with E-state index in [0.29, 0.717) is 32.8 Å². The molecule has 2 aromatic carbocycles. The lowest BCUT2D eigenvalue weighted by atomic mass is 10.2. The molecule has 1 fully saturated rings. The highest BCUT2D eigenvalue weighted by Gasteiger charge is 2.25. The summed E-state index contributed by atoms with van der Waals surface area (Å²) in [6.07, 6.45) is 3.06. The minimum atomic E-state index is -3.53. The molecule has 1 aliphatic heterocycles. The molecule has 2 aromatic rings. The van der Waals surface area contributed by atoms with Crippen LogP contribution in [0.5, 0.6) is 0 Å². The van der Waals surface area contributed by atoms with Gasteiger partial charge >= 0.3 is 0 Å². The number of halogens is 1. The Labute approximate surface area is 170 Å². The Kier molecular flexibility index (Phi) is 6.79. The van der Waals surface area contributed by atoms with Crippen LogP contribution in [0.2, 0.25) is 0 Å². The Morgan fingerprint density at radius 1 is 1.10 bits per heavy atom. The van der Waals surface area contributed by atoms with Crippen LogP contribution in [-0.2, 0) is 26.1 Å². The van der Waals surface area contributed by atoms with E-state index in [9.17, 15) is 17.6 Å². The molecule has 0 radical (unpaired) electrons. The number of amides is 1. The molecule has 1 saturated heterocycles. The van der Waals surface area contributed by atoms with Gasteiger partial charge in [0.15, 0.2) is 0 Å². The van der Waals surface area contributed by atoms with Gasteiger partial charge in [-0.3, -0.25) is 4.79 Å². The van der Waals surface area contributed by atoms with E-state index in [-0.39, 0.29) is 16.6 Å². The van der Waals surface area contributed by atoms with Gasteiger partial charge in [0.2, 0.25) is 15.9 Å². The van der Waals surface area contributed by atoms with Crippen LogP contribution in [0.4, 0.5) is 4.39 Å². The van der Waals surface area contributed by atoms with Crippen LogP contribution in [-0.4, -0.2) is 56.9 Å². The molecule has 0 spiro atoms. The highest BCUT2D eigenvalue weighted by molar-refractivity contribution is 7.89. The first-order chi connectivity index (χ1) is 13.9. The molecular weight excluding hydrogens is 395 g/mol. The van der Waals surface area contributed by atoms with Gasteiger partial charge in [0, 0.05) is 32.8 Å². The van der Waals surface area contributed by atoms with Crippen LogP contribution in [0.1, 0.15) is 11.1 Å². The molecule has 1 amide bonds. The topological polar surface area (TPSA) is 66.9 Å². The van der Waals surface area contributed by atoms with Crippen molar-refractivity contribution in [1.29, 1.82) is 0 Å². The van der Waals surface area contributed by atoms with Crippen LogP contribution in [0, 0.1) is 5.82 Å². The highest BCUT2D eigenvalue weighted by Crippen LogP contribution is 2.18. The Morgan fingerprint density at radius 3 is 2.34 bits per heavy atom. The minimum absolute atomic E-state index is 0.209. The number of morpholine rings is 1. The van der Waals surface area contributed by atoms with Gasteiger partial charge in [0.1, 0.15) is 5.82 Å². The van der Waals surface area contributed by atoms with Gasteiger partial charge in [-0.1, -0.05) is 24.3 Å². The van der Waals surface area contributed by atoms with Gasteiger partial charge in [-0.15, -0.1) is 0 Å². The van der Waals surface area contributed by atoms with E-state index in [2.05, 4.69) is 0 Å². The molecule has 0 saturated carbocycles. The van der Waals surface area contributed by atoms with Crippen molar-refractivity contribution in [3.8, 4) is 0 Å². The summed E-state index contributed by atoms with van der Waals surface area (Å²) in [5.41, 5.74) is 1.54. The first-order valence-electron chi connectivity index (χ1n) is 9.22. The molecular formula is C21H23FN2O4S. The van der Waals surface area contributed by atoms with Gasteiger partial charge in [-0.2, -0.15) is 4.31 Å². The standard InChI is InChI=1S/C21H23FN2O4S/c1-23(16-18-2-7-19(22)8-3-18)21(25)11-6-17-4-9-20(10-5-17)29(26,27)24-12-14-28-15-13-24/h2-11H,12-16H2,1H3. The SMILES string of the molecule is CN(Cc1ccc(F)cc1)C(=O)C=Cc1ccc(S(=O)(=O)N2CCOCC2)cc1. The predicted molar refractivity (Wildman–Crippen MR) is 108 cm³/mol. The molecule has 1 heterocycles. The van der Waals surface area contributed by atoms with E-state index in [1.807, 2.05) is 0 Å². The summed E-state index contributed by atoms with van der Waals surface area (Å²) in [6.45, 7) is 1.85. The summed E-state index contributed by atoms with van der Waals surface area (Å²) in [6, 6.07) is 12.4. The van der Waals surface area contributed by atoms with Crippen molar-refractivity contribution in [2.45, 2.75) is 11.4 Å². The molecule has 0 N–H and O–H groups in total. The average molecular weight is 418 g/mol. The van der Waals surface area contributed by atoms with E-state index in [0.717, 1.165) is 11.1 Å². The average Bonchev–Trinajstić information content (AvgIpc) is 2.74. The fourth-order valence-electron chi connectivity index (χ4n) is 2.92. The fourth-order valence-corrected chi connectivity index (χ4v) is 4.33. The van der Waals surface area contributed by atoms with Gasteiger partial charge < -0.3 is 9.64 Å². The third-order valence-corrected chi connectivity index (χ3v) is 6.53. The number of benzene rings is 2. The molecule has 0 atom stereocenters. The quantitative estimate of drug-likeness (QED) is 0.676. The highest BCUT2D eigenvalue weighted by atomic mass is 32.2. The zero-order valence-electron chi connectivity index (χ0n) is 16.1. The summed E-state index contributed by atoms with van der Waals surface area (Å²) in [5, 5.41) is 0. The van der Waals surface area contributed by atoms with Crippen LogP contribution >= 0.6 is 0 Å². The molecule has 8 heteroatoms. The maximum Gasteiger partial charge on any atom is 0.246 e. The van der Waals surface area contributed by atoms with Crippen LogP contribution in [0.25, 0.3) is 6.08 Å². The number of sulfonamides is 1. The number of carbonyl (C=O) groups excluding carboxylic acids is 1. The number of rotatable bonds is 6. The van der Waals surface area contributed by atoms with Crippen LogP contribution in [0.15, 0.2) is 59.5 Å². The Balaban J connectivity index is 1.61. The van der Waals surface area contributed by atoms with Crippen LogP contribution in [0.3, 0.4) is 0 Å². The molecule has 1 aliphatic rings. The maximum absolute atomic E-state index is 13.0. The normalized spacial score (nSPS) is 15.5. The third-order valence-electron chi connectivity index (χ3n) is 4.62. The summed E-state index contributed by atoms with van der Waals surface area (Å²) in [4.78, 5) is 14.0. The molecule has 0 unspecified atom stereocenters. The largest absolute Gasteiger partial charge is 0.379 e. The van der Waals surface area contributed by atoms with E-state index in [1.165, 1.54) is 39.5 Å². The Hall–Kier alpha value is -2.55. The van der Waals surface area contributed by atoms with Crippen molar-refractivity contribution in [3.63, 3.8) is 0 Å². The second kappa shape index (κ2) is 9.30. The van der Waals surface area contributed by atoms with Crippen molar-refractivity contribution in [2.75, 3.05) is 33.4 Å². The van der Waals surface area contributed by atoms with Crippen LogP contribution < -0.4 is 0 Å². The first kappa shape index (κ1) is 21.2. The van der Waals surface area contributed by atoms with E-state index in [4.69, 9.17) is 4.74 Å². The summed E-state index contributed by atoms with van der Waals surface area (Å²) < 4.78 is 44.8. The number of hydrogen-bond acceptors (Lipinski definition) is 4. The number of nitrogens with zero attached hydrogens (tertiary/aromatic N) is 2. The molecule has 0 aliphatic carbocycles. The van der Waals surface area contributed by atoms with E-state index in [1.54, 1.807) is 37.4 Å². The summed E-state index contributed by atoms with van der Waals surface area (Å²) >= 11 is 0. The van der Waals surface area contributed by atoms with Gasteiger partial charge in [0.25, 0.3) is 0 Å². The molecule has 6 nitrogen and oxygen atoms in total. The summed E-state index contributed by atoms with van der Waals surface area (Å²) in [7, 11) is -1.87. The minimum Gasteiger partial charge on any atom is -0.379 e. The third kappa shape index (κ3) is 5.50. The monoisotopic (exact) mass is 418 g/mol. The van der Waals surface area contributed by atoms with E-state index < -0.39 is 10.0 Å². The smallest absolute Gasteiger partial charge is 0.246 e. The lowest BCUT2D eigenvalue weighted by Crippen LogP contribution is -2.40. The van der Waals surface area contributed by atoms with Gasteiger partial charge in [-0.25, -0.2) is 12.8 Å². The molecule has 0 bridgehead atoms. The van der Waals surface area contributed by atoms with Gasteiger partial charge in [0.05, 0.1) is 18.1 Å². The predicted octanol–water partition coefficient (Wildman–Crippen LogP) is 2.52. The molecule has 3 rings (SSSR count). The second-order valence-corrected chi connectivity index (χ2v) is 8.68. The van der Waals surface area contributed by atoms with Crippen molar-refractivity contribution in [1.82, 2.24) is 9.21 Å². The number of ether oxygens (including phenoxy) is 1. The second-order valence-electron chi connectivity index (χ2n) is 6.74. The Morgan fingerprint density at radius 2 is 1.72 bits per heavy atom. The molecule has 29 heavy (non-hydrogen) atoms. The molecule has 0 aromatic heterocycles.